The van der Waals surface area contributed by atoms with Crippen molar-refractivity contribution < 1.29 is 5.11 Å². The predicted octanol–water partition coefficient (Wildman–Crippen LogP) is 8.72. The monoisotopic (exact) mass is 541 g/mol. The highest BCUT2D eigenvalue weighted by molar-refractivity contribution is 9.10. The Balaban J connectivity index is 0.000000189. The predicted molar refractivity (Wildman–Crippen MR) is 154 cm³/mol. The number of fused-ring (bicyclic) bond motifs is 1. The molecule has 1 aliphatic rings. The number of aryl methyl sites for hydroxylation is 2. The van der Waals surface area contributed by atoms with Crippen LogP contribution in [-0.4, -0.2) is 29.2 Å². The van der Waals surface area contributed by atoms with Crippen molar-refractivity contribution in [2.45, 2.75) is 79.1 Å². The number of rotatable bonds is 5. The Hall–Kier alpha value is -2.14. The van der Waals surface area contributed by atoms with E-state index in [4.69, 9.17) is 0 Å². The number of hydrogen-bond acceptors (Lipinski definition) is 4. The number of unbranched alkanes of at least 4 members (excludes halogenated alkanes) is 1. The van der Waals surface area contributed by atoms with Crippen molar-refractivity contribution >= 4 is 32.7 Å². The Labute approximate surface area is 221 Å². The Kier molecular flexibility index (Phi) is 12.5. The summed E-state index contributed by atoms with van der Waals surface area (Å²) in [4.78, 5) is 10.8. The summed E-state index contributed by atoms with van der Waals surface area (Å²) >= 11 is 3.33. The smallest absolute Gasteiger partial charge is 0.139 e. The summed E-state index contributed by atoms with van der Waals surface area (Å²) in [5.74, 6) is 4.28. The Morgan fingerprint density at radius 3 is 2.29 bits per heavy atom. The van der Waals surface area contributed by atoms with Gasteiger partial charge in [0, 0.05) is 24.0 Å². The minimum Gasteiger partial charge on any atom is -0.508 e. The average Bonchev–Trinajstić information content (AvgIpc) is 2.85. The summed E-state index contributed by atoms with van der Waals surface area (Å²) in [5.41, 5.74) is 1.98. The lowest BCUT2D eigenvalue weighted by Crippen LogP contribution is -2.12. The average molecular weight is 543 g/mol. The van der Waals surface area contributed by atoms with Gasteiger partial charge in [-0.3, -0.25) is 0 Å². The molecule has 1 heterocycles. The number of para-hydroxylation sites is 1. The molecule has 0 bridgehead atoms. The van der Waals surface area contributed by atoms with Gasteiger partial charge in [-0.15, -0.1) is 0 Å². The molecule has 3 aromatic rings. The van der Waals surface area contributed by atoms with Crippen LogP contribution in [0, 0.1) is 18.8 Å². The van der Waals surface area contributed by atoms with E-state index in [1.807, 2.05) is 69.2 Å². The Bertz CT molecular complexity index is 1030. The first-order valence-electron chi connectivity index (χ1n) is 13.1. The molecule has 2 aromatic carbocycles. The van der Waals surface area contributed by atoms with Crippen LogP contribution in [-0.2, 0) is 6.42 Å². The summed E-state index contributed by atoms with van der Waals surface area (Å²) in [6.45, 7) is 8.63. The molecule has 192 valence electrons. The summed E-state index contributed by atoms with van der Waals surface area (Å²) in [6, 6.07) is 13.5. The molecule has 35 heavy (non-hydrogen) atoms. The van der Waals surface area contributed by atoms with Crippen LogP contribution < -0.4 is 4.90 Å². The SMILES string of the molecule is CCCCC1CCC(C)CC1.CCc1cc(Br)ccc1O.Cc1nc(N(C)C)c2ccccc2n1. The maximum atomic E-state index is 9.21. The number of nitrogens with zero attached hydrogens (tertiary/aromatic N) is 3. The molecule has 0 spiro atoms. The molecule has 0 amide bonds. The third-order valence-electron chi connectivity index (χ3n) is 6.64. The maximum Gasteiger partial charge on any atom is 0.139 e. The molecule has 0 radical (unpaired) electrons. The number of aromatic nitrogens is 2. The fourth-order valence-corrected chi connectivity index (χ4v) is 4.87. The van der Waals surface area contributed by atoms with Gasteiger partial charge >= 0.3 is 0 Å². The van der Waals surface area contributed by atoms with Gasteiger partial charge in [0.05, 0.1) is 5.52 Å². The van der Waals surface area contributed by atoms with E-state index in [-0.39, 0.29) is 0 Å². The second kappa shape index (κ2) is 15.1. The molecule has 1 fully saturated rings. The minimum atomic E-state index is 0.380. The molecule has 4 nitrogen and oxygen atoms in total. The van der Waals surface area contributed by atoms with Crippen LogP contribution >= 0.6 is 15.9 Å². The second-order valence-electron chi connectivity index (χ2n) is 9.90. The topological polar surface area (TPSA) is 49.3 Å². The number of halogens is 1. The largest absolute Gasteiger partial charge is 0.508 e. The highest BCUT2D eigenvalue weighted by atomic mass is 79.9. The molecule has 1 N–H and O–H groups in total. The Morgan fingerprint density at radius 1 is 1.00 bits per heavy atom. The van der Waals surface area contributed by atoms with Crippen LogP contribution in [0.2, 0.25) is 0 Å². The van der Waals surface area contributed by atoms with Gasteiger partial charge in [0.25, 0.3) is 0 Å². The zero-order valence-corrected chi connectivity index (χ0v) is 24.1. The van der Waals surface area contributed by atoms with Crippen molar-refractivity contribution in [2.24, 2.45) is 11.8 Å². The first kappa shape index (κ1) is 29.1. The molecule has 4 rings (SSSR count). The van der Waals surface area contributed by atoms with Gasteiger partial charge in [0.1, 0.15) is 17.4 Å². The lowest BCUT2D eigenvalue weighted by Gasteiger charge is -2.25. The fourth-order valence-electron chi connectivity index (χ4n) is 4.46. The van der Waals surface area contributed by atoms with Crippen molar-refractivity contribution in [3.63, 3.8) is 0 Å². The molecule has 1 aromatic heterocycles. The number of hydrogen-bond donors (Lipinski definition) is 1. The fraction of sp³-hybridized carbons (Fsp3) is 0.533. The zero-order chi connectivity index (χ0) is 25.8. The third-order valence-corrected chi connectivity index (χ3v) is 7.14. The van der Waals surface area contributed by atoms with Crippen molar-refractivity contribution in [3.8, 4) is 5.75 Å². The molecule has 5 heteroatoms. The highest BCUT2D eigenvalue weighted by Gasteiger charge is 2.17. The van der Waals surface area contributed by atoms with Gasteiger partial charge in [-0.25, -0.2) is 9.97 Å². The van der Waals surface area contributed by atoms with Crippen LogP contribution in [0.3, 0.4) is 0 Å². The number of anilines is 1. The van der Waals surface area contributed by atoms with E-state index in [2.05, 4.69) is 39.7 Å². The molecular weight excluding hydrogens is 498 g/mol. The van der Waals surface area contributed by atoms with Gasteiger partial charge in [-0.1, -0.05) is 93.8 Å². The maximum absolute atomic E-state index is 9.21. The number of phenolic OH excluding ortho intramolecular Hbond substituents is 1. The molecule has 1 aliphatic carbocycles. The number of benzene rings is 2. The van der Waals surface area contributed by atoms with Gasteiger partial charge < -0.3 is 10.0 Å². The first-order chi connectivity index (χ1) is 16.7. The van der Waals surface area contributed by atoms with E-state index in [9.17, 15) is 5.11 Å². The van der Waals surface area contributed by atoms with E-state index in [0.29, 0.717) is 5.75 Å². The summed E-state index contributed by atoms with van der Waals surface area (Å²) in [5, 5.41) is 10.3. The molecular formula is C30H44BrN3O. The molecule has 0 aliphatic heterocycles. The molecule has 0 saturated heterocycles. The normalized spacial score (nSPS) is 17.1. The van der Waals surface area contributed by atoms with Gasteiger partial charge in [0.15, 0.2) is 0 Å². The zero-order valence-electron chi connectivity index (χ0n) is 22.5. The Morgan fingerprint density at radius 2 is 1.69 bits per heavy atom. The molecule has 0 atom stereocenters. The van der Waals surface area contributed by atoms with Crippen molar-refractivity contribution in [3.05, 3.63) is 58.3 Å². The number of phenols is 1. The van der Waals surface area contributed by atoms with Gasteiger partial charge in [0.2, 0.25) is 0 Å². The van der Waals surface area contributed by atoms with Crippen molar-refractivity contribution in [1.29, 1.82) is 0 Å². The van der Waals surface area contributed by atoms with Crippen LogP contribution in [0.15, 0.2) is 46.9 Å². The molecule has 0 unspecified atom stereocenters. The van der Waals surface area contributed by atoms with E-state index < -0.39 is 0 Å². The van der Waals surface area contributed by atoms with E-state index >= 15 is 0 Å². The molecule has 1 saturated carbocycles. The van der Waals surface area contributed by atoms with Crippen molar-refractivity contribution in [2.75, 3.05) is 19.0 Å². The lowest BCUT2D eigenvalue weighted by molar-refractivity contribution is 0.273. The number of aromatic hydroxyl groups is 1. The van der Waals surface area contributed by atoms with Crippen LogP contribution in [0.1, 0.15) is 77.1 Å². The van der Waals surface area contributed by atoms with Gasteiger partial charge in [-0.2, -0.15) is 0 Å². The van der Waals surface area contributed by atoms with Crippen LogP contribution in [0.5, 0.6) is 5.75 Å². The summed E-state index contributed by atoms with van der Waals surface area (Å²) in [6.07, 6.45) is 11.2. The van der Waals surface area contributed by atoms with E-state index in [1.165, 1.54) is 44.9 Å². The minimum absolute atomic E-state index is 0.380. The van der Waals surface area contributed by atoms with Crippen LogP contribution in [0.4, 0.5) is 5.82 Å². The van der Waals surface area contributed by atoms with Gasteiger partial charge in [-0.05, 0) is 61.1 Å². The summed E-state index contributed by atoms with van der Waals surface area (Å²) < 4.78 is 1.02. The lowest BCUT2D eigenvalue weighted by atomic mass is 9.81. The quantitative estimate of drug-likeness (QED) is 0.350. The first-order valence-corrected chi connectivity index (χ1v) is 13.9. The van der Waals surface area contributed by atoms with E-state index in [0.717, 1.165) is 50.8 Å². The van der Waals surface area contributed by atoms with Crippen LogP contribution in [0.25, 0.3) is 10.9 Å². The summed E-state index contributed by atoms with van der Waals surface area (Å²) in [7, 11) is 3.99. The van der Waals surface area contributed by atoms with E-state index in [1.54, 1.807) is 6.07 Å². The second-order valence-corrected chi connectivity index (χ2v) is 10.8. The standard InChI is InChI=1S/C11H13N3.C11H22.C8H9BrO/c1-8-12-10-7-5-4-6-9(10)11(13-8)14(2)3;1-3-4-5-11-8-6-10(2)7-9-11;1-2-6-5-7(9)3-4-8(6)10/h4-7H,1-3H3;10-11H,3-9H2,1-2H3;3-5,10H,2H2,1H3. The van der Waals surface area contributed by atoms with Crippen molar-refractivity contribution in [1.82, 2.24) is 9.97 Å². The highest BCUT2D eigenvalue weighted by Crippen LogP contribution is 2.31. The third kappa shape index (κ3) is 9.79.